The molecule has 5 heteroatoms. The lowest BCUT2D eigenvalue weighted by atomic mass is 10.00. The van der Waals surface area contributed by atoms with Crippen LogP contribution in [0.4, 0.5) is 0 Å². The molecule has 3 rings (SSSR count). The predicted molar refractivity (Wildman–Crippen MR) is 106 cm³/mol. The minimum atomic E-state index is -1.02. The number of ether oxygens (including phenoxy) is 2. The molecule has 3 aromatic carbocycles. The van der Waals surface area contributed by atoms with Crippen molar-refractivity contribution in [3.8, 4) is 5.75 Å². The molecule has 0 aliphatic heterocycles. The van der Waals surface area contributed by atoms with Gasteiger partial charge in [-0.05, 0) is 18.2 Å². The number of hydrogen-bond acceptors (Lipinski definition) is 4. The fourth-order valence-corrected chi connectivity index (χ4v) is 2.90. The van der Waals surface area contributed by atoms with Gasteiger partial charge in [-0.15, -0.1) is 0 Å². The van der Waals surface area contributed by atoms with E-state index in [-0.39, 0.29) is 12.4 Å². The molecule has 0 spiro atoms. The Kier molecular flexibility index (Phi) is 6.39. The van der Waals surface area contributed by atoms with Gasteiger partial charge in [0.25, 0.3) is 0 Å². The van der Waals surface area contributed by atoms with Crippen molar-refractivity contribution in [2.45, 2.75) is 6.10 Å². The first-order valence-electron chi connectivity index (χ1n) is 8.35. The predicted octanol–water partition coefficient (Wildman–Crippen LogP) is 5.00. The summed E-state index contributed by atoms with van der Waals surface area (Å²) in [5.74, 6) is -0.363. The highest BCUT2D eigenvalue weighted by molar-refractivity contribution is 9.10. The van der Waals surface area contributed by atoms with Crippen molar-refractivity contribution in [2.24, 2.45) is 0 Å². The molecule has 4 nitrogen and oxygen atoms in total. The molecular formula is C22H17BrO4. The Morgan fingerprint density at radius 2 is 1.52 bits per heavy atom. The van der Waals surface area contributed by atoms with E-state index in [0.29, 0.717) is 16.9 Å². The number of ketones is 1. The van der Waals surface area contributed by atoms with E-state index in [1.54, 1.807) is 66.7 Å². The van der Waals surface area contributed by atoms with Crippen LogP contribution in [-0.4, -0.2) is 18.4 Å². The SMILES string of the molecule is O=C(COc1cccc(Br)c1)OC(C(=O)c1ccccc1)c1ccccc1. The summed E-state index contributed by atoms with van der Waals surface area (Å²) in [7, 11) is 0. The zero-order valence-electron chi connectivity index (χ0n) is 14.4. The average Bonchev–Trinajstić information content (AvgIpc) is 2.71. The third-order valence-electron chi connectivity index (χ3n) is 3.80. The summed E-state index contributed by atoms with van der Waals surface area (Å²) in [4.78, 5) is 25.2. The average molecular weight is 425 g/mol. The summed E-state index contributed by atoms with van der Waals surface area (Å²) in [6.07, 6.45) is -1.02. The van der Waals surface area contributed by atoms with Gasteiger partial charge in [-0.1, -0.05) is 82.7 Å². The summed E-state index contributed by atoms with van der Waals surface area (Å²) in [6, 6.07) is 24.9. The lowest BCUT2D eigenvalue weighted by Crippen LogP contribution is -2.23. The zero-order chi connectivity index (χ0) is 19.1. The van der Waals surface area contributed by atoms with Crippen LogP contribution >= 0.6 is 15.9 Å². The summed E-state index contributed by atoms with van der Waals surface area (Å²) >= 11 is 3.34. The van der Waals surface area contributed by atoms with Crippen molar-refractivity contribution in [3.05, 3.63) is 101 Å². The maximum absolute atomic E-state index is 12.9. The number of carbonyl (C=O) groups excluding carboxylic acids is 2. The largest absolute Gasteiger partial charge is 0.482 e. The summed E-state index contributed by atoms with van der Waals surface area (Å²) < 4.78 is 11.8. The van der Waals surface area contributed by atoms with Crippen LogP contribution in [-0.2, 0) is 9.53 Å². The fraction of sp³-hybridized carbons (Fsp3) is 0.0909. The highest BCUT2D eigenvalue weighted by Crippen LogP contribution is 2.23. The van der Waals surface area contributed by atoms with Crippen LogP contribution in [0.3, 0.4) is 0 Å². The minimum Gasteiger partial charge on any atom is -0.482 e. The molecule has 0 heterocycles. The van der Waals surface area contributed by atoms with Gasteiger partial charge in [0.15, 0.2) is 12.7 Å². The zero-order valence-corrected chi connectivity index (χ0v) is 16.0. The van der Waals surface area contributed by atoms with Crippen LogP contribution in [0.15, 0.2) is 89.4 Å². The molecule has 0 bridgehead atoms. The fourth-order valence-electron chi connectivity index (χ4n) is 2.52. The number of esters is 1. The molecule has 1 unspecified atom stereocenters. The van der Waals surface area contributed by atoms with E-state index in [9.17, 15) is 9.59 Å². The summed E-state index contributed by atoms with van der Waals surface area (Å²) in [5.41, 5.74) is 1.09. The molecule has 0 aliphatic rings. The Hall–Kier alpha value is -2.92. The molecule has 0 radical (unpaired) electrons. The van der Waals surface area contributed by atoms with Crippen LogP contribution in [0.25, 0.3) is 0 Å². The van der Waals surface area contributed by atoms with Gasteiger partial charge in [0.2, 0.25) is 5.78 Å². The Balaban J connectivity index is 1.73. The van der Waals surface area contributed by atoms with E-state index in [1.165, 1.54) is 0 Å². The molecule has 0 aliphatic carbocycles. The van der Waals surface area contributed by atoms with Crippen LogP contribution < -0.4 is 4.74 Å². The number of carbonyl (C=O) groups is 2. The van der Waals surface area contributed by atoms with Crippen molar-refractivity contribution in [1.29, 1.82) is 0 Å². The second kappa shape index (κ2) is 9.14. The molecule has 1 atom stereocenters. The number of hydrogen-bond donors (Lipinski definition) is 0. The van der Waals surface area contributed by atoms with Crippen LogP contribution in [0, 0.1) is 0 Å². The van der Waals surface area contributed by atoms with Gasteiger partial charge in [0.05, 0.1) is 0 Å². The van der Waals surface area contributed by atoms with Crippen LogP contribution in [0.5, 0.6) is 5.75 Å². The highest BCUT2D eigenvalue weighted by Gasteiger charge is 2.26. The summed E-state index contributed by atoms with van der Waals surface area (Å²) in [5, 5.41) is 0. The van der Waals surface area contributed by atoms with E-state index >= 15 is 0 Å². The minimum absolute atomic E-state index is 0.280. The van der Waals surface area contributed by atoms with Gasteiger partial charge >= 0.3 is 5.97 Å². The molecule has 0 aromatic heterocycles. The van der Waals surface area contributed by atoms with E-state index in [4.69, 9.17) is 9.47 Å². The number of benzene rings is 3. The first-order valence-corrected chi connectivity index (χ1v) is 9.15. The highest BCUT2D eigenvalue weighted by atomic mass is 79.9. The van der Waals surface area contributed by atoms with Gasteiger partial charge in [-0.3, -0.25) is 4.79 Å². The number of rotatable bonds is 7. The topological polar surface area (TPSA) is 52.6 Å². The lowest BCUT2D eigenvalue weighted by Gasteiger charge is -2.17. The Bertz CT molecular complexity index is 910. The molecular weight excluding hydrogens is 408 g/mol. The van der Waals surface area contributed by atoms with Gasteiger partial charge in [-0.25, -0.2) is 4.79 Å². The third kappa shape index (κ3) is 5.28. The second-order valence-electron chi connectivity index (χ2n) is 5.76. The van der Waals surface area contributed by atoms with E-state index in [1.807, 2.05) is 18.2 Å². The van der Waals surface area contributed by atoms with Crippen molar-refractivity contribution in [2.75, 3.05) is 6.61 Å². The third-order valence-corrected chi connectivity index (χ3v) is 4.29. The van der Waals surface area contributed by atoms with Crippen LogP contribution in [0.2, 0.25) is 0 Å². The van der Waals surface area contributed by atoms with Gasteiger partial charge < -0.3 is 9.47 Å². The molecule has 0 amide bonds. The molecule has 0 N–H and O–H groups in total. The maximum atomic E-state index is 12.9. The smallest absolute Gasteiger partial charge is 0.345 e. The monoisotopic (exact) mass is 424 g/mol. The van der Waals surface area contributed by atoms with Gasteiger partial charge in [-0.2, -0.15) is 0 Å². The normalized spacial score (nSPS) is 11.4. The number of Topliss-reactive ketones (excluding diaryl/α,β-unsaturated/α-hetero) is 1. The van der Waals surface area contributed by atoms with Crippen molar-refractivity contribution in [1.82, 2.24) is 0 Å². The second-order valence-corrected chi connectivity index (χ2v) is 6.67. The number of halogens is 1. The first-order chi connectivity index (χ1) is 13.1. The molecule has 0 saturated heterocycles. The molecule has 0 fully saturated rings. The van der Waals surface area contributed by atoms with E-state index < -0.39 is 12.1 Å². The van der Waals surface area contributed by atoms with E-state index in [0.717, 1.165) is 4.47 Å². The standard InChI is InChI=1S/C22H17BrO4/c23-18-12-7-13-19(14-18)26-15-20(24)27-22(17-10-5-2-6-11-17)21(25)16-8-3-1-4-9-16/h1-14,22H,15H2. The molecule has 3 aromatic rings. The van der Waals surface area contributed by atoms with Crippen molar-refractivity contribution in [3.63, 3.8) is 0 Å². The molecule has 0 saturated carbocycles. The first kappa shape index (κ1) is 18.9. The summed E-state index contributed by atoms with van der Waals surface area (Å²) in [6.45, 7) is -0.290. The Labute approximate surface area is 165 Å². The molecule has 27 heavy (non-hydrogen) atoms. The maximum Gasteiger partial charge on any atom is 0.345 e. The van der Waals surface area contributed by atoms with Crippen molar-refractivity contribution >= 4 is 27.7 Å². The van der Waals surface area contributed by atoms with Gasteiger partial charge in [0.1, 0.15) is 5.75 Å². The molecule has 136 valence electrons. The Morgan fingerprint density at radius 3 is 2.19 bits per heavy atom. The Morgan fingerprint density at radius 1 is 0.852 bits per heavy atom. The van der Waals surface area contributed by atoms with Crippen LogP contribution in [0.1, 0.15) is 22.0 Å². The quantitative estimate of drug-likeness (QED) is 0.395. The van der Waals surface area contributed by atoms with E-state index in [2.05, 4.69) is 15.9 Å². The lowest BCUT2D eigenvalue weighted by molar-refractivity contribution is -0.149. The van der Waals surface area contributed by atoms with Crippen molar-refractivity contribution < 1.29 is 19.1 Å². The van der Waals surface area contributed by atoms with Gasteiger partial charge in [0, 0.05) is 15.6 Å².